The molecule has 0 bridgehead atoms. The van der Waals surface area contributed by atoms with Crippen molar-refractivity contribution in [1.82, 2.24) is 0 Å². The Labute approximate surface area is 94.0 Å². The van der Waals surface area contributed by atoms with Gasteiger partial charge in [0.2, 0.25) is 5.91 Å². The van der Waals surface area contributed by atoms with Gasteiger partial charge in [-0.1, -0.05) is 0 Å². The molecule has 1 aromatic rings. The molecule has 0 atom stereocenters. The molecule has 86 valence electrons. The molecule has 1 aliphatic rings. The monoisotopic (exact) mass is 222 g/mol. The Morgan fingerprint density at radius 1 is 1.50 bits per heavy atom. The minimum Gasteiger partial charge on any atom is -0.382 e. The second-order valence-electron chi connectivity index (χ2n) is 4.20. The largest absolute Gasteiger partial charge is 0.382 e. The molecular formula is C12H15FN2O. The van der Waals surface area contributed by atoms with Crippen LogP contribution in [-0.2, 0) is 4.79 Å². The van der Waals surface area contributed by atoms with Crippen LogP contribution < -0.4 is 10.6 Å². The van der Waals surface area contributed by atoms with Gasteiger partial charge in [0.15, 0.2) is 0 Å². The number of nitrogens with one attached hydrogen (secondary N) is 2. The van der Waals surface area contributed by atoms with E-state index in [-0.39, 0.29) is 11.7 Å². The molecule has 1 amide bonds. The van der Waals surface area contributed by atoms with Gasteiger partial charge >= 0.3 is 0 Å². The summed E-state index contributed by atoms with van der Waals surface area (Å²) in [7, 11) is 0. The Balaban J connectivity index is 2.04. The predicted molar refractivity (Wildman–Crippen MR) is 61.9 cm³/mol. The number of halogens is 1. The zero-order chi connectivity index (χ0) is 11.5. The van der Waals surface area contributed by atoms with Gasteiger partial charge in [-0.15, -0.1) is 0 Å². The highest BCUT2D eigenvalue weighted by Gasteiger charge is 2.21. The fraction of sp³-hybridized carbons (Fsp3) is 0.417. The van der Waals surface area contributed by atoms with Crippen molar-refractivity contribution in [3.8, 4) is 0 Å². The van der Waals surface area contributed by atoms with Crippen molar-refractivity contribution in [2.75, 3.05) is 17.2 Å². The summed E-state index contributed by atoms with van der Waals surface area (Å²) < 4.78 is 13.4. The van der Waals surface area contributed by atoms with Crippen molar-refractivity contribution in [3.05, 3.63) is 24.0 Å². The van der Waals surface area contributed by atoms with E-state index in [1.807, 2.05) is 0 Å². The van der Waals surface area contributed by atoms with Gasteiger partial charge in [0.25, 0.3) is 0 Å². The van der Waals surface area contributed by atoms with Gasteiger partial charge in [-0.2, -0.15) is 0 Å². The summed E-state index contributed by atoms with van der Waals surface area (Å²) in [6.07, 6.45) is 2.44. The van der Waals surface area contributed by atoms with Gasteiger partial charge in [-0.05, 0) is 37.0 Å². The third-order valence-corrected chi connectivity index (χ3v) is 2.56. The summed E-state index contributed by atoms with van der Waals surface area (Å²) in [5.74, 6) is 0.248. The van der Waals surface area contributed by atoms with E-state index in [0.29, 0.717) is 17.3 Å². The van der Waals surface area contributed by atoms with E-state index >= 15 is 0 Å². The van der Waals surface area contributed by atoms with E-state index in [4.69, 9.17) is 0 Å². The Kier molecular flexibility index (Phi) is 3.08. The number of carbonyl (C=O) groups is 1. The molecule has 16 heavy (non-hydrogen) atoms. The molecule has 0 heterocycles. The number of hydrogen-bond acceptors (Lipinski definition) is 2. The van der Waals surface area contributed by atoms with Gasteiger partial charge in [0.1, 0.15) is 5.82 Å². The number of amides is 1. The maximum Gasteiger partial charge on any atom is 0.221 e. The lowest BCUT2D eigenvalue weighted by Crippen LogP contribution is -2.08. The van der Waals surface area contributed by atoms with E-state index in [1.165, 1.54) is 25.8 Å². The molecule has 1 aliphatic carbocycles. The van der Waals surface area contributed by atoms with Crippen LogP contribution in [0.5, 0.6) is 0 Å². The average Bonchev–Trinajstić information content (AvgIpc) is 3.02. The zero-order valence-corrected chi connectivity index (χ0v) is 9.22. The molecule has 0 unspecified atom stereocenters. The summed E-state index contributed by atoms with van der Waals surface area (Å²) in [5, 5.41) is 5.69. The topological polar surface area (TPSA) is 41.1 Å². The van der Waals surface area contributed by atoms with Gasteiger partial charge in [-0.25, -0.2) is 4.39 Å². The summed E-state index contributed by atoms with van der Waals surface area (Å²) in [6, 6.07) is 4.54. The van der Waals surface area contributed by atoms with Crippen LogP contribution in [0.2, 0.25) is 0 Å². The van der Waals surface area contributed by atoms with Gasteiger partial charge in [-0.3, -0.25) is 4.79 Å². The number of hydrogen-bond donors (Lipinski definition) is 2. The third kappa shape index (κ3) is 2.95. The van der Waals surface area contributed by atoms with Crippen LogP contribution in [0, 0.1) is 11.7 Å². The van der Waals surface area contributed by atoms with Crippen molar-refractivity contribution in [1.29, 1.82) is 0 Å². The second kappa shape index (κ2) is 4.51. The predicted octanol–water partition coefficient (Wildman–Crippen LogP) is 2.61. The molecule has 2 rings (SSSR count). The van der Waals surface area contributed by atoms with Crippen molar-refractivity contribution >= 4 is 17.3 Å². The normalized spacial score (nSPS) is 14.6. The summed E-state index contributed by atoms with van der Waals surface area (Å²) in [5.41, 5.74) is 1.07. The molecule has 3 nitrogen and oxygen atoms in total. The molecule has 1 fully saturated rings. The summed E-state index contributed by atoms with van der Waals surface area (Å²) in [6.45, 7) is 2.24. The van der Waals surface area contributed by atoms with Gasteiger partial charge < -0.3 is 10.6 Å². The fourth-order valence-corrected chi connectivity index (χ4v) is 1.52. The number of carbonyl (C=O) groups excluding carboxylic acids is 1. The first-order valence-corrected chi connectivity index (χ1v) is 5.46. The number of anilines is 2. The smallest absolute Gasteiger partial charge is 0.221 e. The van der Waals surface area contributed by atoms with Crippen molar-refractivity contribution in [2.24, 2.45) is 5.92 Å². The zero-order valence-electron chi connectivity index (χ0n) is 9.22. The van der Waals surface area contributed by atoms with Crippen LogP contribution in [-0.4, -0.2) is 12.5 Å². The first kappa shape index (κ1) is 10.9. The number of benzene rings is 1. The maximum absolute atomic E-state index is 13.4. The van der Waals surface area contributed by atoms with Crippen molar-refractivity contribution < 1.29 is 9.18 Å². The molecule has 1 saturated carbocycles. The second-order valence-corrected chi connectivity index (χ2v) is 4.20. The first-order valence-electron chi connectivity index (χ1n) is 5.46. The van der Waals surface area contributed by atoms with Crippen LogP contribution in [0.1, 0.15) is 19.8 Å². The lowest BCUT2D eigenvalue weighted by atomic mass is 10.2. The first-order chi connectivity index (χ1) is 7.65. The summed E-state index contributed by atoms with van der Waals surface area (Å²) >= 11 is 0. The third-order valence-electron chi connectivity index (χ3n) is 2.56. The molecule has 0 aromatic heterocycles. The lowest BCUT2D eigenvalue weighted by molar-refractivity contribution is -0.114. The average molecular weight is 222 g/mol. The van der Waals surface area contributed by atoms with Crippen LogP contribution in [0.3, 0.4) is 0 Å². The molecular weight excluding hydrogens is 207 g/mol. The molecule has 4 heteroatoms. The van der Waals surface area contributed by atoms with Crippen LogP contribution in [0.15, 0.2) is 18.2 Å². The maximum atomic E-state index is 13.4. The van der Waals surface area contributed by atoms with Crippen LogP contribution >= 0.6 is 0 Å². The highest BCUT2D eigenvalue weighted by Crippen LogP contribution is 2.29. The Bertz CT molecular complexity index is 402. The van der Waals surface area contributed by atoms with E-state index in [9.17, 15) is 9.18 Å². The highest BCUT2D eigenvalue weighted by atomic mass is 19.1. The molecule has 2 N–H and O–H groups in total. The molecule has 0 saturated heterocycles. The highest BCUT2D eigenvalue weighted by molar-refractivity contribution is 5.89. The number of rotatable bonds is 4. The molecule has 1 aromatic carbocycles. The Morgan fingerprint density at radius 3 is 2.88 bits per heavy atom. The van der Waals surface area contributed by atoms with E-state index in [1.54, 1.807) is 12.1 Å². The van der Waals surface area contributed by atoms with E-state index in [2.05, 4.69) is 10.6 Å². The minimum absolute atomic E-state index is 0.153. The van der Waals surface area contributed by atoms with Gasteiger partial charge in [0.05, 0.1) is 5.69 Å². The fourth-order valence-electron chi connectivity index (χ4n) is 1.52. The van der Waals surface area contributed by atoms with Crippen LogP contribution in [0.4, 0.5) is 15.8 Å². The van der Waals surface area contributed by atoms with E-state index < -0.39 is 0 Å². The molecule has 0 aliphatic heterocycles. The molecule has 0 spiro atoms. The Morgan fingerprint density at radius 2 is 2.25 bits per heavy atom. The quantitative estimate of drug-likeness (QED) is 0.822. The minimum atomic E-state index is -0.283. The molecule has 0 radical (unpaired) electrons. The van der Waals surface area contributed by atoms with Gasteiger partial charge in [0, 0.05) is 19.2 Å². The van der Waals surface area contributed by atoms with Crippen molar-refractivity contribution in [2.45, 2.75) is 19.8 Å². The van der Waals surface area contributed by atoms with E-state index in [0.717, 1.165) is 6.54 Å². The van der Waals surface area contributed by atoms with Crippen LogP contribution in [0.25, 0.3) is 0 Å². The Hall–Kier alpha value is -1.58. The lowest BCUT2D eigenvalue weighted by Gasteiger charge is -2.09. The van der Waals surface area contributed by atoms with Crippen molar-refractivity contribution in [3.63, 3.8) is 0 Å². The summed E-state index contributed by atoms with van der Waals surface area (Å²) in [4.78, 5) is 10.9. The SMILES string of the molecule is CC(=O)Nc1ccc(F)c(NCC2CC2)c1. The standard InChI is InChI=1S/C12H15FN2O/c1-8(16)15-10-4-5-11(13)12(6-10)14-7-9-2-3-9/h4-6,9,14H,2-3,7H2,1H3,(H,15,16).